The summed E-state index contributed by atoms with van der Waals surface area (Å²) in [6, 6.07) is 7.12. The fraction of sp³-hybridized carbons (Fsp3) is 0.640. The number of amides is 4. The number of para-hydroxylation sites is 2. The van der Waals surface area contributed by atoms with Gasteiger partial charge in [0.15, 0.2) is 0 Å². The zero-order valence-corrected chi connectivity index (χ0v) is 20.7. The van der Waals surface area contributed by atoms with E-state index in [0.717, 1.165) is 17.8 Å². The van der Waals surface area contributed by atoms with Crippen LogP contribution in [0.3, 0.4) is 0 Å². The number of hydrogen-bond donors (Lipinski definition) is 2. The lowest BCUT2D eigenvalue weighted by Gasteiger charge is -2.39. The number of fused-ring (bicyclic) bond motifs is 1. The number of urea groups is 1. The molecule has 182 valence electrons. The molecule has 0 aliphatic carbocycles. The molecule has 2 atom stereocenters. The quantitative estimate of drug-likeness (QED) is 0.702. The van der Waals surface area contributed by atoms with E-state index in [1.54, 1.807) is 9.80 Å². The van der Waals surface area contributed by atoms with Crippen LogP contribution < -0.4 is 15.1 Å². The SMILES string of the molecule is CC(C)(C)CC(=O)N1CCN(C(=O)NCC2CCN(C(=O)O)C2C(C)(C)C)c2ccccc21. The maximum absolute atomic E-state index is 13.2. The van der Waals surface area contributed by atoms with Crippen LogP contribution in [0.25, 0.3) is 0 Å². The summed E-state index contributed by atoms with van der Waals surface area (Å²) in [5.41, 5.74) is 1.12. The van der Waals surface area contributed by atoms with Crippen molar-refractivity contribution in [2.75, 3.05) is 36.0 Å². The number of carboxylic acid groups (broad SMARTS) is 1. The Hall–Kier alpha value is -2.77. The molecule has 2 N–H and O–H groups in total. The van der Waals surface area contributed by atoms with Gasteiger partial charge in [0.2, 0.25) is 5.91 Å². The lowest BCUT2D eigenvalue weighted by atomic mass is 9.79. The van der Waals surface area contributed by atoms with Crippen LogP contribution in [-0.2, 0) is 4.79 Å². The molecule has 0 radical (unpaired) electrons. The molecule has 33 heavy (non-hydrogen) atoms. The number of nitrogens with zero attached hydrogens (tertiary/aromatic N) is 3. The Morgan fingerprint density at radius 2 is 1.55 bits per heavy atom. The second-order valence-corrected chi connectivity index (χ2v) is 11.4. The predicted octanol–water partition coefficient (Wildman–Crippen LogP) is 4.40. The summed E-state index contributed by atoms with van der Waals surface area (Å²) in [5, 5.41) is 12.6. The summed E-state index contributed by atoms with van der Waals surface area (Å²) in [6.07, 6.45) is 0.248. The summed E-state index contributed by atoms with van der Waals surface area (Å²) < 4.78 is 0. The van der Waals surface area contributed by atoms with E-state index < -0.39 is 6.09 Å². The van der Waals surface area contributed by atoms with Gasteiger partial charge in [0.25, 0.3) is 0 Å². The molecule has 1 saturated heterocycles. The van der Waals surface area contributed by atoms with Gasteiger partial charge in [-0.3, -0.25) is 9.69 Å². The Morgan fingerprint density at radius 1 is 0.970 bits per heavy atom. The van der Waals surface area contributed by atoms with E-state index in [9.17, 15) is 19.5 Å². The normalized spacial score (nSPS) is 21.1. The summed E-state index contributed by atoms with van der Waals surface area (Å²) in [5.74, 6) is 0.109. The van der Waals surface area contributed by atoms with Gasteiger partial charge in [0.05, 0.1) is 11.4 Å². The maximum Gasteiger partial charge on any atom is 0.407 e. The van der Waals surface area contributed by atoms with Crippen molar-refractivity contribution < 1.29 is 19.5 Å². The van der Waals surface area contributed by atoms with E-state index in [0.29, 0.717) is 32.6 Å². The predicted molar refractivity (Wildman–Crippen MR) is 130 cm³/mol. The highest BCUT2D eigenvalue weighted by atomic mass is 16.4. The molecule has 1 aromatic carbocycles. The first-order chi connectivity index (χ1) is 15.3. The zero-order valence-electron chi connectivity index (χ0n) is 20.7. The van der Waals surface area contributed by atoms with Crippen molar-refractivity contribution >= 4 is 29.4 Å². The molecule has 2 heterocycles. The molecule has 0 bridgehead atoms. The van der Waals surface area contributed by atoms with Gasteiger partial charge in [-0.15, -0.1) is 0 Å². The second-order valence-electron chi connectivity index (χ2n) is 11.4. The van der Waals surface area contributed by atoms with Crippen molar-refractivity contribution in [3.63, 3.8) is 0 Å². The molecule has 0 saturated carbocycles. The van der Waals surface area contributed by atoms with Crippen LogP contribution in [0.5, 0.6) is 0 Å². The first-order valence-electron chi connectivity index (χ1n) is 11.7. The molecule has 8 heteroatoms. The Kier molecular flexibility index (Phi) is 6.96. The van der Waals surface area contributed by atoms with Gasteiger partial charge in [0.1, 0.15) is 0 Å². The smallest absolute Gasteiger partial charge is 0.407 e. The van der Waals surface area contributed by atoms with Crippen LogP contribution in [0.2, 0.25) is 0 Å². The molecular formula is C25H38N4O4. The summed E-state index contributed by atoms with van der Waals surface area (Å²) in [4.78, 5) is 42.8. The minimum Gasteiger partial charge on any atom is -0.465 e. The minimum atomic E-state index is -0.909. The largest absolute Gasteiger partial charge is 0.465 e. The number of carbonyl (C=O) groups is 3. The first kappa shape index (κ1) is 24.9. The van der Waals surface area contributed by atoms with Crippen LogP contribution in [0.15, 0.2) is 24.3 Å². The number of likely N-dealkylation sites (tertiary alicyclic amines) is 1. The van der Waals surface area contributed by atoms with Gasteiger partial charge in [-0.25, -0.2) is 9.59 Å². The molecule has 0 aromatic heterocycles. The number of rotatable bonds is 3. The number of anilines is 2. The van der Waals surface area contributed by atoms with E-state index >= 15 is 0 Å². The van der Waals surface area contributed by atoms with Crippen LogP contribution in [0.1, 0.15) is 54.4 Å². The van der Waals surface area contributed by atoms with Crippen LogP contribution in [0, 0.1) is 16.7 Å². The monoisotopic (exact) mass is 458 g/mol. The fourth-order valence-corrected chi connectivity index (χ4v) is 5.15. The van der Waals surface area contributed by atoms with Gasteiger partial charge in [-0.05, 0) is 35.3 Å². The third kappa shape index (κ3) is 5.60. The van der Waals surface area contributed by atoms with Crippen LogP contribution >= 0.6 is 0 Å². The molecule has 3 rings (SSSR count). The summed E-state index contributed by atoms with van der Waals surface area (Å²) >= 11 is 0. The third-order valence-electron chi connectivity index (χ3n) is 6.41. The molecule has 2 aliphatic rings. The molecule has 1 aromatic rings. The van der Waals surface area contributed by atoms with Gasteiger partial charge in [-0.2, -0.15) is 0 Å². The van der Waals surface area contributed by atoms with Gasteiger partial charge < -0.3 is 20.2 Å². The first-order valence-corrected chi connectivity index (χ1v) is 11.7. The maximum atomic E-state index is 13.2. The molecule has 2 aliphatic heterocycles. The van der Waals surface area contributed by atoms with Crippen molar-refractivity contribution in [3.05, 3.63) is 24.3 Å². The van der Waals surface area contributed by atoms with E-state index in [4.69, 9.17) is 0 Å². The number of carbonyl (C=O) groups excluding carboxylic acids is 2. The van der Waals surface area contributed by atoms with Crippen molar-refractivity contribution in [3.8, 4) is 0 Å². The van der Waals surface area contributed by atoms with E-state index in [2.05, 4.69) is 5.32 Å². The molecule has 2 unspecified atom stereocenters. The Morgan fingerprint density at radius 3 is 2.09 bits per heavy atom. The summed E-state index contributed by atoms with van der Waals surface area (Å²) in [6.45, 7) is 14.0. The van der Waals surface area contributed by atoms with E-state index in [1.807, 2.05) is 65.8 Å². The Balaban J connectivity index is 1.72. The van der Waals surface area contributed by atoms with Crippen molar-refractivity contribution in [2.45, 2.75) is 60.4 Å². The topological polar surface area (TPSA) is 93.2 Å². The molecule has 4 amide bonds. The van der Waals surface area contributed by atoms with Crippen molar-refractivity contribution in [2.24, 2.45) is 16.7 Å². The second kappa shape index (κ2) is 9.23. The minimum absolute atomic E-state index is 0.0509. The van der Waals surface area contributed by atoms with E-state index in [-0.39, 0.29) is 34.7 Å². The highest BCUT2D eigenvalue weighted by molar-refractivity contribution is 6.03. The average Bonchev–Trinajstić information content (AvgIpc) is 3.15. The lowest BCUT2D eigenvalue weighted by Crippen LogP contribution is -2.52. The van der Waals surface area contributed by atoms with Crippen LogP contribution in [-0.4, -0.2) is 60.3 Å². The Labute approximate surface area is 196 Å². The Bertz CT molecular complexity index is 902. The van der Waals surface area contributed by atoms with Crippen molar-refractivity contribution in [1.29, 1.82) is 0 Å². The van der Waals surface area contributed by atoms with Crippen LogP contribution in [0.4, 0.5) is 21.0 Å². The molecule has 8 nitrogen and oxygen atoms in total. The summed E-state index contributed by atoms with van der Waals surface area (Å²) in [7, 11) is 0. The number of hydrogen-bond acceptors (Lipinski definition) is 3. The number of benzene rings is 1. The fourth-order valence-electron chi connectivity index (χ4n) is 5.15. The zero-order chi connectivity index (χ0) is 24.6. The lowest BCUT2D eigenvalue weighted by molar-refractivity contribution is -0.120. The highest BCUT2D eigenvalue weighted by Crippen LogP contribution is 2.37. The van der Waals surface area contributed by atoms with Gasteiger partial charge in [0, 0.05) is 38.6 Å². The van der Waals surface area contributed by atoms with Crippen molar-refractivity contribution in [1.82, 2.24) is 10.2 Å². The number of nitrogens with one attached hydrogen (secondary N) is 1. The van der Waals surface area contributed by atoms with E-state index in [1.165, 1.54) is 4.90 Å². The highest BCUT2D eigenvalue weighted by Gasteiger charge is 2.44. The van der Waals surface area contributed by atoms with Gasteiger partial charge in [-0.1, -0.05) is 53.7 Å². The molecule has 1 fully saturated rings. The third-order valence-corrected chi connectivity index (χ3v) is 6.41. The van der Waals surface area contributed by atoms with Gasteiger partial charge >= 0.3 is 12.1 Å². The molecular weight excluding hydrogens is 420 g/mol. The average molecular weight is 459 g/mol. The standard InChI is InChI=1S/C25H38N4O4/c1-24(2,3)15-20(30)27-13-14-28(19-10-8-7-9-18(19)27)22(31)26-16-17-11-12-29(23(32)33)21(17)25(4,5)6/h7-10,17,21H,11-16H2,1-6H3,(H,26,31)(H,32,33). The molecule has 0 spiro atoms.